The summed E-state index contributed by atoms with van der Waals surface area (Å²) in [5, 5.41) is 11.6. The number of hydrogen-bond donors (Lipinski definition) is 0. The molecule has 0 aromatic heterocycles. The highest BCUT2D eigenvalue weighted by Gasteiger charge is 2.28. The molecule has 2 heterocycles. The molecule has 9 nitrogen and oxygen atoms in total. The van der Waals surface area contributed by atoms with Crippen molar-refractivity contribution in [1.82, 2.24) is 4.90 Å². The average Bonchev–Trinajstić information content (AvgIpc) is 2.71. The molecule has 2 fully saturated rings. The van der Waals surface area contributed by atoms with Crippen LogP contribution in [0.4, 0.5) is 11.4 Å². The lowest BCUT2D eigenvalue weighted by Crippen LogP contribution is -2.49. The van der Waals surface area contributed by atoms with Gasteiger partial charge in [-0.15, -0.1) is 0 Å². The van der Waals surface area contributed by atoms with Crippen LogP contribution >= 0.6 is 0 Å². The summed E-state index contributed by atoms with van der Waals surface area (Å²) in [5.74, 6) is -0.455. The van der Waals surface area contributed by atoms with E-state index in [4.69, 9.17) is 9.47 Å². The first-order chi connectivity index (χ1) is 14.2. The van der Waals surface area contributed by atoms with Crippen molar-refractivity contribution in [3.63, 3.8) is 0 Å². The lowest BCUT2D eigenvalue weighted by molar-refractivity contribution is -0.384. The number of benzene rings is 1. The molecule has 2 aliphatic rings. The minimum Gasteiger partial charge on any atom is -0.452 e. The first kappa shape index (κ1) is 22.0. The monoisotopic (exact) mass is 419 g/mol. The molecular weight excluding hydrogens is 390 g/mol. The van der Waals surface area contributed by atoms with Crippen molar-refractivity contribution in [3.8, 4) is 0 Å². The van der Waals surface area contributed by atoms with Gasteiger partial charge < -0.3 is 19.3 Å². The Balaban J connectivity index is 1.65. The molecular formula is C21H29N3O6. The molecule has 2 saturated heterocycles. The highest BCUT2D eigenvalue weighted by molar-refractivity contribution is 5.93. The number of carbonyl (C=O) groups excluding carboxylic acids is 2. The standard InChI is InChI=1S/C21H29N3O6/c1-14-6-8-22(9-7-14)18-5-4-17(10-19(18)24(27)28)21(26)29-13-20(25)23-11-15(2)30-16(3)12-23/h4-5,10,14-16H,6-9,11-13H2,1-3H3/t15-,16-/m1/s1. The van der Waals surface area contributed by atoms with Crippen LogP contribution in [0, 0.1) is 16.0 Å². The summed E-state index contributed by atoms with van der Waals surface area (Å²) in [5.41, 5.74) is 0.448. The molecule has 0 spiro atoms. The predicted molar refractivity (Wildman–Crippen MR) is 111 cm³/mol. The van der Waals surface area contributed by atoms with Crippen LogP contribution in [0.25, 0.3) is 0 Å². The van der Waals surface area contributed by atoms with Gasteiger partial charge in [-0.05, 0) is 44.7 Å². The summed E-state index contributed by atoms with van der Waals surface area (Å²) in [7, 11) is 0. The van der Waals surface area contributed by atoms with Gasteiger partial charge in [0, 0.05) is 32.2 Å². The normalized spacial score (nSPS) is 22.6. The molecule has 0 aliphatic carbocycles. The van der Waals surface area contributed by atoms with E-state index in [9.17, 15) is 19.7 Å². The van der Waals surface area contributed by atoms with E-state index in [0.29, 0.717) is 24.7 Å². The maximum atomic E-state index is 12.4. The lowest BCUT2D eigenvalue weighted by Gasteiger charge is -2.35. The fourth-order valence-electron chi connectivity index (χ4n) is 4.00. The zero-order chi connectivity index (χ0) is 21.8. The summed E-state index contributed by atoms with van der Waals surface area (Å²) in [6, 6.07) is 4.35. The molecule has 164 valence electrons. The molecule has 0 unspecified atom stereocenters. The summed E-state index contributed by atoms with van der Waals surface area (Å²) in [6.45, 7) is 7.90. The van der Waals surface area contributed by atoms with E-state index >= 15 is 0 Å². The number of rotatable bonds is 5. The number of piperidine rings is 1. The van der Waals surface area contributed by atoms with E-state index < -0.39 is 17.5 Å². The highest BCUT2D eigenvalue weighted by atomic mass is 16.6. The maximum Gasteiger partial charge on any atom is 0.338 e. The lowest BCUT2D eigenvalue weighted by atomic mass is 9.98. The summed E-state index contributed by atoms with van der Waals surface area (Å²) >= 11 is 0. The summed E-state index contributed by atoms with van der Waals surface area (Å²) < 4.78 is 10.7. The number of morpholine rings is 1. The molecule has 0 saturated carbocycles. The molecule has 1 aromatic carbocycles. The second-order valence-corrected chi connectivity index (χ2v) is 8.26. The fourth-order valence-corrected chi connectivity index (χ4v) is 4.00. The molecule has 1 aromatic rings. The van der Waals surface area contributed by atoms with E-state index in [2.05, 4.69) is 6.92 Å². The van der Waals surface area contributed by atoms with E-state index in [1.165, 1.54) is 12.1 Å². The third-order valence-corrected chi connectivity index (χ3v) is 5.63. The molecule has 0 bridgehead atoms. The third kappa shape index (κ3) is 5.27. The Bertz CT molecular complexity index is 796. The SMILES string of the molecule is CC1CCN(c2ccc(C(=O)OCC(=O)N3C[C@@H](C)O[C@H](C)C3)cc2[N+](=O)[O-])CC1. The van der Waals surface area contributed by atoms with Gasteiger partial charge in [0.05, 0.1) is 22.7 Å². The smallest absolute Gasteiger partial charge is 0.338 e. The van der Waals surface area contributed by atoms with Crippen LogP contribution in [-0.4, -0.2) is 66.7 Å². The molecule has 2 atom stereocenters. The van der Waals surface area contributed by atoms with Gasteiger partial charge in [0.15, 0.2) is 6.61 Å². The number of hydrogen-bond acceptors (Lipinski definition) is 7. The Morgan fingerprint density at radius 1 is 1.17 bits per heavy atom. The Kier molecular flexibility index (Phi) is 6.91. The van der Waals surface area contributed by atoms with E-state index in [1.54, 1.807) is 11.0 Å². The van der Waals surface area contributed by atoms with Gasteiger partial charge in [-0.3, -0.25) is 14.9 Å². The van der Waals surface area contributed by atoms with Gasteiger partial charge in [-0.1, -0.05) is 6.92 Å². The van der Waals surface area contributed by atoms with Gasteiger partial charge in [0.2, 0.25) is 0 Å². The minimum atomic E-state index is -0.750. The van der Waals surface area contributed by atoms with Crippen molar-refractivity contribution >= 4 is 23.3 Å². The summed E-state index contributed by atoms with van der Waals surface area (Å²) in [4.78, 5) is 39.5. The molecule has 2 aliphatic heterocycles. The van der Waals surface area contributed by atoms with Gasteiger partial charge in [0.25, 0.3) is 11.6 Å². The van der Waals surface area contributed by atoms with Crippen LogP contribution in [0.1, 0.15) is 44.0 Å². The van der Waals surface area contributed by atoms with Gasteiger partial charge in [-0.25, -0.2) is 4.79 Å². The molecule has 3 rings (SSSR count). The van der Waals surface area contributed by atoms with Crippen molar-refractivity contribution < 1.29 is 24.0 Å². The van der Waals surface area contributed by atoms with Gasteiger partial charge >= 0.3 is 5.97 Å². The second-order valence-electron chi connectivity index (χ2n) is 8.26. The third-order valence-electron chi connectivity index (χ3n) is 5.63. The van der Waals surface area contributed by atoms with Gasteiger partial charge in [-0.2, -0.15) is 0 Å². The van der Waals surface area contributed by atoms with E-state index in [-0.39, 0.29) is 29.4 Å². The van der Waals surface area contributed by atoms with E-state index in [1.807, 2.05) is 18.7 Å². The number of esters is 1. The predicted octanol–water partition coefficient (Wildman–Crippen LogP) is 2.62. The zero-order valence-electron chi connectivity index (χ0n) is 17.7. The van der Waals surface area contributed by atoms with Crippen LogP contribution < -0.4 is 4.90 Å². The summed E-state index contributed by atoms with van der Waals surface area (Å²) in [6.07, 6.45) is 1.78. The Morgan fingerprint density at radius 2 is 1.80 bits per heavy atom. The van der Waals surface area contributed by atoms with Crippen LogP contribution in [-0.2, 0) is 14.3 Å². The van der Waals surface area contributed by atoms with Crippen LogP contribution in [0.2, 0.25) is 0 Å². The minimum absolute atomic E-state index is 0.0624. The fraction of sp³-hybridized carbons (Fsp3) is 0.619. The Morgan fingerprint density at radius 3 is 2.40 bits per heavy atom. The first-order valence-corrected chi connectivity index (χ1v) is 10.4. The van der Waals surface area contributed by atoms with Crippen molar-refractivity contribution in [2.24, 2.45) is 5.92 Å². The quantitative estimate of drug-likeness (QED) is 0.411. The Labute approximate surface area is 176 Å². The molecule has 30 heavy (non-hydrogen) atoms. The topological polar surface area (TPSA) is 102 Å². The van der Waals surface area contributed by atoms with Gasteiger partial charge in [0.1, 0.15) is 5.69 Å². The first-order valence-electron chi connectivity index (χ1n) is 10.4. The average molecular weight is 419 g/mol. The molecule has 0 radical (unpaired) electrons. The second kappa shape index (κ2) is 9.42. The molecule has 9 heteroatoms. The van der Waals surface area contributed by atoms with Crippen molar-refractivity contribution in [2.45, 2.75) is 45.8 Å². The molecule has 0 N–H and O–H groups in total. The van der Waals surface area contributed by atoms with Crippen molar-refractivity contribution in [1.29, 1.82) is 0 Å². The number of nitro benzene ring substituents is 1. The number of amides is 1. The number of nitro groups is 1. The van der Waals surface area contributed by atoms with Crippen molar-refractivity contribution in [3.05, 3.63) is 33.9 Å². The Hall–Kier alpha value is -2.68. The van der Waals surface area contributed by atoms with Crippen LogP contribution in [0.3, 0.4) is 0 Å². The molecule has 1 amide bonds. The number of anilines is 1. The largest absolute Gasteiger partial charge is 0.452 e. The number of carbonyl (C=O) groups is 2. The zero-order valence-corrected chi connectivity index (χ0v) is 17.7. The number of ether oxygens (including phenoxy) is 2. The number of nitrogens with zero attached hydrogens (tertiary/aromatic N) is 3. The van der Waals surface area contributed by atoms with Crippen LogP contribution in [0.15, 0.2) is 18.2 Å². The van der Waals surface area contributed by atoms with Crippen molar-refractivity contribution in [2.75, 3.05) is 37.7 Å². The highest BCUT2D eigenvalue weighted by Crippen LogP contribution is 2.32. The van der Waals surface area contributed by atoms with Crippen LogP contribution in [0.5, 0.6) is 0 Å². The maximum absolute atomic E-state index is 12.4. The van der Waals surface area contributed by atoms with E-state index in [0.717, 1.165) is 25.9 Å².